The van der Waals surface area contributed by atoms with Crippen LogP contribution in [0.25, 0.3) is 0 Å². The molecule has 0 aliphatic heterocycles. The first kappa shape index (κ1) is 25.8. The summed E-state index contributed by atoms with van der Waals surface area (Å²) in [5.74, 6) is 0.756. The van der Waals surface area contributed by atoms with Gasteiger partial charge in [0.05, 0.1) is 6.10 Å². The van der Waals surface area contributed by atoms with E-state index in [2.05, 4.69) is 11.4 Å². The van der Waals surface area contributed by atoms with E-state index in [-0.39, 0.29) is 17.4 Å². The van der Waals surface area contributed by atoms with Crippen molar-refractivity contribution in [2.75, 3.05) is 6.54 Å². The number of hydrogen-bond donors (Lipinski definition) is 3. The molecule has 4 aromatic carbocycles. The highest BCUT2D eigenvalue weighted by Gasteiger charge is 2.21. The fourth-order valence-electron chi connectivity index (χ4n) is 4.66. The number of carbonyl (C=O) groups is 1. The van der Waals surface area contributed by atoms with Crippen LogP contribution in [0.4, 0.5) is 0 Å². The fourth-order valence-corrected chi connectivity index (χ4v) is 4.86. The van der Waals surface area contributed by atoms with Crippen molar-refractivity contribution < 1.29 is 24.5 Å². The normalized spacial score (nSPS) is 15.4. The molecule has 2 atom stereocenters. The average Bonchev–Trinajstić information content (AvgIpc) is 2.93. The Morgan fingerprint density at radius 1 is 0.895 bits per heavy atom. The van der Waals surface area contributed by atoms with Crippen LogP contribution in [0.3, 0.4) is 0 Å². The molecule has 3 N–H and O–H groups in total. The maximum Gasteiger partial charge on any atom is 0.339 e. The number of para-hydroxylation sites is 1. The van der Waals surface area contributed by atoms with Crippen molar-refractivity contribution in [2.24, 2.45) is 0 Å². The maximum atomic E-state index is 11.9. The predicted octanol–water partition coefficient (Wildman–Crippen LogP) is 6.80. The minimum atomic E-state index is -1.10. The zero-order valence-electron chi connectivity index (χ0n) is 20.6. The number of aromatic carboxylic acids is 1. The van der Waals surface area contributed by atoms with Gasteiger partial charge in [-0.05, 0) is 90.6 Å². The predicted molar refractivity (Wildman–Crippen MR) is 147 cm³/mol. The molecule has 7 heteroatoms. The highest BCUT2D eigenvalue weighted by Crippen LogP contribution is 2.33. The van der Waals surface area contributed by atoms with Crippen LogP contribution < -0.4 is 14.8 Å². The highest BCUT2D eigenvalue weighted by molar-refractivity contribution is 6.30. The van der Waals surface area contributed by atoms with Gasteiger partial charge in [0.15, 0.2) is 0 Å². The van der Waals surface area contributed by atoms with E-state index < -0.39 is 12.1 Å². The van der Waals surface area contributed by atoms with Crippen molar-refractivity contribution in [1.29, 1.82) is 0 Å². The van der Waals surface area contributed by atoms with Gasteiger partial charge in [-0.2, -0.15) is 0 Å². The smallest absolute Gasteiger partial charge is 0.339 e. The van der Waals surface area contributed by atoms with E-state index in [1.54, 1.807) is 36.4 Å². The topological polar surface area (TPSA) is 88.0 Å². The third kappa shape index (κ3) is 6.34. The van der Waals surface area contributed by atoms with Gasteiger partial charge < -0.3 is 25.0 Å². The van der Waals surface area contributed by atoms with Crippen LogP contribution in [0.1, 0.15) is 39.6 Å². The fraction of sp³-hybridized carbons (Fsp3) is 0.194. The summed E-state index contributed by atoms with van der Waals surface area (Å²) < 4.78 is 11.8. The van der Waals surface area contributed by atoms with Gasteiger partial charge in [-0.15, -0.1) is 0 Å². The molecule has 0 fully saturated rings. The highest BCUT2D eigenvalue weighted by atomic mass is 35.5. The number of nitrogens with one attached hydrogen (secondary N) is 1. The first-order valence-electron chi connectivity index (χ1n) is 12.5. The zero-order chi connectivity index (χ0) is 26.5. The Morgan fingerprint density at radius 3 is 2.47 bits per heavy atom. The number of aliphatic hydroxyl groups excluding tert-OH is 1. The van der Waals surface area contributed by atoms with Crippen LogP contribution in [0.15, 0.2) is 91.0 Å². The van der Waals surface area contributed by atoms with Gasteiger partial charge in [-0.3, -0.25) is 0 Å². The summed E-state index contributed by atoms with van der Waals surface area (Å²) >= 11 is 6.05. The van der Waals surface area contributed by atoms with Crippen molar-refractivity contribution in [3.8, 4) is 23.0 Å². The average molecular weight is 530 g/mol. The molecule has 194 valence electrons. The van der Waals surface area contributed by atoms with E-state index in [0.29, 0.717) is 28.8 Å². The zero-order valence-corrected chi connectivity index (χ0v) is 21.4. The summed E-state index contributed by atoms with van der Waals surface area (Å²) in [7, 11) is 0. The van der Waals surface area contributed by atoms with Crippen LogP contribution in [0.5, 0.6) is 23.0 Å². The summed E-state index contributed by atoms with van der Waals surface area (Å²) in [5.41, 5.74) is 3.25. The first-order chi connectivity index (χ1) is 18.4. The quantitative estimate of drug-likeness (QED) is 0.221. The maximum absolute atomic E-state index is 11.9. The lowest BCUT2D eigenvalue weighted by atomic mass is 9.88. The molecule has 0 unspecified atom stereocenters. The Kier molecular flexibility index (Phi) is 7.94. The Hall–Kier alpha value is -3.84. The van der Waals surface area contributed by atoms with Crippen molar-refractivity contribution in [1.82, 2.24) is 5.32 Å². The van der Waals surface area contributed by atoms with E-state index in [9.17, 15) is 15.0 Å². The summed E-state index contributed by atoms with van der Waals surface area (Å²) in [6, 6.07) is 27.3. The molecule has 0 saturated carbocycles. The van der Waals surface area contributed by atoms with Crippen LogP contribution in [0.2, 0.25) is 5.02 Å². The van der Waals surface area contributed by atoms with Crippen molar-refractivity contribution in [2.45, 2.75) is 31.4 Å². The largest absolute Gasteiger partial charge is 0.478 e. The number of carboxylic acids is 1. The molecule has 0 saturated heterocycles. The number of ether oxygens (including phenoxy) is 2. The van der Waals surface area contributed by atoms with Crippen molar-refractivity contribution in [3.05, 3.63) is 118 Å². The number of benzene rings is 4. The van der Waals surface area contributed by atoms with Crippen LogP contribution in [0, 0.1) is 0 Å². The van der Waals surface area contributed by atoms with Gasteiger partial charge in [0.25, 0.3) is 0 Å². The monoisotopic (exact) mass is 529 g/mol. The number of halogens is 1. The van der Waals surface area contributed by atoms with Gasteiger partial charge in [0.2, 0.25) is 0 Å². The number of aliphatic hydroxyl groups is 1. The van der Waals surface area contributed by atoms with E-state index in [0.717, 1.165) is 24.8 Å². The lowest BCUT2D eigenvalue weighted by molar-refractivity contribution is 0.0693. The Bertz CT molecular complexity index is 1430. The van der Waals surface area contributed by atoms with E-state index in [1.807, 2.05) is 42.5 Å². The second kappa shape index (κ2) is 11.7. The lowest BCUT2D eigenvalue weighted by Crippen LogP contribution is -2.37. The number of carboxylic acid groups (broad SMARTS) is 1. The molecular formula is C31H28ClNO5. The van der Waals surface area contributed by atoms with E-state index >= 15 is 0 Å². The summed E-state index contributed by atoms with van der Waals surface area (Å²) in [6.07, 6.45) is 2.07. The van der Waals surface area contributed by atoms with Crippen LogP contribution in [-0.4, -0.2) is 28.8 Å². The molecule has 0 amide bonds. The molecule has 1 aliphatic carbocycles. The molecule has 6 nitrogen and oxygen atoms in total. The molecule has 1 aliphatic rings. The lowest BCUT2D eigenvalue weighted by Gasteiger charge is -2.27. The van der Waals surface area contributed by atoms with Crippen molar-refractivity contribution >= 4 is 17.6 Å². The van der Waals surface area contributed by atoms with Crippen LogP contribution >= 0.6 is 11.6 Å². The molecule has 0 bridgehead atoms. The van der Waals surface area contributed by atoms with Gasteiger partial charge in [0.1, 0.15) is 28.6 Å². The number of hydrogen-bond acceptors (Lipinski definition) is 5. The Labute approximate surface area is 226 Å². The number of rotatable bonds is 9. The molecule has 0 aromatic heterocycles. The second-order valence-electron chi connectivity index (χ2n) is 9.33. The minimum absolute atomic E-state index is 0.0202. The molecule has 4 aromatic rings. The molecule has 0 heterocycles. The number of fused-ring (bicyclic) bond motifs is 1. The Morgan fingerprint density at radius 2 is 1.68 bits per heavy atom. The number of aryl methyl sites for hydroxylation is 1. The van der Waals surface area contributed by atoms with Gasteiger partial charge in [-0.25, -0.2) is 4.79 Å². The molecule has 0 radical (unpaired) electrons. The van der Waals surface area contributed by atoms with E-state index in [4.69, 9.17) is 21.1 Å². The molecule has 5 rings (SSSR count). The second-order valence-corrected chi connectivity index (χ2v) is 9.77. The first-order valence-corrected chi connectivity index (χ1v) is 12.9. The van der Waals surface area contributed by atoms with Gasteiger partial charge in [0, 0.05) is 17.6 Å². The SMILES string of the molecule is O=C(O)c1cc(Oc2ccc3c(c2)C[C@@H](NC[C@@H](O)c2cccc(Cl)c2)CC3)ccc1Oc1ccccc1. The summed E-state index contributed by atoms with van der Waals surface area (Å²) in [5, 5.41) is 24.4. The van der Waals surface area contributed by atoms with Gasteiger partial charge in [-0.1, -0.05) is 48.0 Å². The molecule has 38 heavy (non-hydrogen) atoms. The standard InChI is InChI=1S/C31H28ClNO5/c32-23-6-4-5-21(15-23)29(34)19-33-24-11-9-20-10-12-26(17-22(20)16-24)37-27-13-14-30(28(18-27)31(35)36)38-25-7-2-1-3-8-25/h1-8,10,12-15,17-18,24,29,33-34H,9,11,16,19H2,(H,35,36)/t24-,29+/m0/s1. The minimum Gasteiger partial charge on any atom is -0.478 e. The third-order valence-corrected chi connectivity index (χ3v) is 6.86. The molecule has 0 spiro atoms. The summed E-state index contributed by atoms with van der Waals surface area (Å²) in [4.78, 5) is 11.9. The molecular weight excluding hydrogens is 502 g/mol. The summed E-state index contributed by atoms with van der Waals surface area (Å²) in [6.45, 7) is 0.436. The Balaban J connectivity index is 1.25. The third-order valence-electron chi connectivity index (χ3n) is 6.63. The van der Waals surface area contributed by atoms with E-state index in [1.165, 1.54) is 17.2 Å². The van der Waals surface area contributed by atoms with Crippen molar-refractivity contribution in [3.63, 3.8) is 0 Å². The van der Waals surface area contributed by atoms with Crippen LogP contribution in [-0.2, 0) is 12.8 Å². The van der Waals surface area contributed by atoms with Gasteiger partial charge >= 0.3 is 5.97 Å².